The normalized spacial score (nSPS) is 9.69. The zero-order valence-electron chi connectivity index (χ0n) is 7.48. The molecule has 0 aromatic carbocycles. The highest BCUT2D eigenvalue weighted by Gasteiger charge is 2.08. The van der Waals surface area contributed by atoms with Crippen LogP contribution in [-0.4, -0.2) is 22.1 Å². The summed E-state index contributed by atoms with van der Waals surface area (Å²) >= 11 is 0. The summed E-state index contributed by atoms with van der Waals surface area (Å²) in [5.41, 5.74) is -0.114. The van der Waals surface area contributed by atoms with E-state index in [0.29, 0.717) is 6.61 Å². The van der Waals surface area contributed by atoms with Crippen molar-refractivity contribution in [3.8, 4) is 0 Å². The van der Waals surface area contributed by atoms with E-state index < -0.39 is 5.97 Å². The van der Waals surface area contributed by atoms with Crippen LogP contribution in [0, 0.1) is 0 Å². The Morgan fingerprint density at radius 3 is 2.92 bits per heavy atom. The Morgan fingerprint density at radius 2 is 2.38 bits per heavy atom. The molecule has 13 heavy (non-hydrogen) atoms. The molecule has 1 aromatic rings. The van der Waals surface area contributed by atoms with Crippen LogP contribution < -0.4 is 5.56 Å². The van der Waals surface area contributed by atoms with E-state index in [0.717, 1.165) is 6.20 Å². The van der Waals surface area contributed by atoms with Crippen LogP contribution in [0.5, 0.6) is 0 Å². The van der Waals surface area contributed by atoms with Gasteiger partial charge < -0.3 is 9.30 Å². The third kappa shape index (κ3) is 2.14. The molecule has 1 aromatic heterocycles. The van der Waals surface area contributed by atoms with E-state index in [1.165, 1.54) is 10.8 Å². The van der Waals surface area contributed by atoms with Crippen molar-refractivity contribution >= 4 is 5.97 Å². The van der Waals surface area contributed by atoms with E-state index in [2.05, 4.69) is 4.98 Å². The maximum Gasteiger partial charge on any atom is 0.358 e. The van der Waals surface area contributed by atoms with Crippen molar-refractivity contribution < 1.29 is 9.53 Å². The molecular formula is C8H10N2O3. The maximum atomic E-state index is 11.1. The van der Waals surface area contributed by atoms with Gasteiger partial charge in [0.25, 0.3) is 5.56 Å². The summed E-state index contributed by atoms with van der Waals surface area (Å²) in [5, 5.41) is 0. The summed E-state index contributed by atoms with van der Waals surface area (Å²) < 4.78 is 5.98. The molecule has 0 aliphatic rings. The van der Waals surface area contributed by atoms with Gasteiger partial charge in [-0.15, -0.1) is 0 Å². The van der Waals surface area contributed by atoms with Gasteiger partial charge in [-0.1, -0.05) is 0 Å². The van der Waals surface area contributed by atoms with Crippen LogP contribution in [-0.2, 0) is 11.8 Å². The molecular weight excluding hydrogens is 172 g/mol. The van der Waals surface area contributed by atoms with E-state index in [1.54, 1.807) is 14.0 Å². The van der Waals surface area contributed by atoms with Crippen molar-refractivity contribution in [3.05, 3.63) is 28.4 Å². The molecule has 0 spiro atoms. The van der Waals surface area contributed by atoms with E-state index >= 15 is 0 Å². The highest BCUT2D eigenvalue weighted by Crippen LogP contribution is 1.93. The van der Waals surface area contributed by atoms with Crippen LogP contribution in [0.2, 0.25) is 0 Å². The Morgan fingerprint density at radius 1 is 1.69 bits per heavy atom. The third-order valence-corrected chi connectivity index (χ3v) is 1.46. The van der Waals surface area contributed by atoms with Gasteiger partial charge >= 0.3 is 5.97 Å². The fraction of sp³-hybridized carbons (Fsp3) is 0.375. The molecule has 0 atom stereocenters. The van der Waals surface area contributed by atoms with Crippen LogP contribution in [0.3, 0.4) is 0 Å². The van der Waals surface area contributed by atoms with Crippen molar-refractivity contribution in [2.24, 2.45) is 7.05 Å². The minimum atomic E-state index is -0.516. The molecule has 0 radical (unpaired) electrons. The minimum absolute atomic E-state index is 0.143. The van der Waals surface area contributed by atoms with E-state index in [4.69, 9.17) is 4.74 Å². The second-order valence-electron chi connectivity index (χ2n) is 2.44. The number of nitrogens with zero attached hydrogens (tertiary/aromatic N) is 2. The highest BCUT2D eigenvalue weighted by atomic mass is 16.5. The molecule has 1 heterocycles. The van der Waals surface area contributed by atoms with Crippen molar-refractivity contribution in [2.45, 2.75) is 6.92 Å². The lowest BCUT2D eigenvalue weighted by molar-refractivity contribution is 0.0518. The van der Waals surface area contributed by atoms with Gasteiger partial charge in [0.05, 0.1) is 12.8 Å². The number of aryl methyl sites for hydroxylation is 1. The van der Waals surface area contributed by atoms with Gasteiger partial charge in [0.15, 0.2) is 5.69 Å². The van der Waals surface area contributed by atoms with Crippen LogP contribution in [0.25, 0.3) is 0 Å². The van der Waals surface area contributed by atoms with Crippen molar-refractivity contribution in [1.82, 2.24) is 9.55 Å². The van der Waals surface area contributed by atoms with Crippen LogP contribution in [0.1, 0.15) is 17.4 Å². The van der Waals surface area contributed by atoms with Gasteiger partial charge in [-0.2, -0.15) is 0 Å². The van der Waals surface area contributed by atoms with Gasteiger partial charge in [-0.05, 0) is 6.92 Å². The lowest BCUT2D eigenvalue weighted by Crippen LogP contribution is -2.19. The number of hydrogen-bond acceptors (Lipinski definition) is 4. The fourth-order valence-electron chi connectivity index (χ4n) is 0.807. The molecule has 0 aliphatic carbocycles. The van der Waals surface area contributed by atoms with Crippen molar-refractivity contribution in [2.75, 3.05) is 6.61 Å². The number of carbonyl (C=O) groups is 1. The molecule has 0 saturated heterocycles. The molecule has 0 bridgehead atoms. The average molecular weight is 182 g/mol. The second kappa shape index (κ2) is 3.84. The first-order valence-electron chi connectivity index (χ1n) is 3.85. The van der Waals surface area contributed by atoms with Crippen molar-refractivity contribution in [3.63, 3.8) is 0 Å². The highest BCUT2D eigenvalue weighted by molar-refractivity contribution is 5.86. The Kier molecular flexibility index (Phi) is 2.79. The number of aromatic nitrogens is 2. The van der Waals surface area contributed by atoms with Gasteiger partial charge in [-0.3, -0.25) is 4.79 Å². The molecule has 0 saturated carbocycles. The van der Waals surface area contributed by atoms with E-state index in [1.807, 2.05) is 0 Å². The average Bonchev–Trinajstić information content (AvgIpc) is 2.10. The number of rotatable bonds is 2. The van der Waals surface area contributed by atoms with Gasteiger partial charge in [-0.25, -0.2) is 9.78 Å². The Balaban J connectivity index is 2.97. The number of esters is 1. The smallest absolute Gasteiger partial charge is 0.358 e. The van der Waals surface area contributed by atoms with Crippen LogP contribution in [0.4, 0.5) is 0 Å². The van der Waals surface area contributed by atoms with Crippen LogP contribution in [0.15, 0.2) is 17.2 Å². The zero-order chi connectivity index (χ0) is 9.84. The lowest BCUT2D eigenvalue weighted by atomic mass is 10.4. The SMILES string of the molecule is CCOC(=O)c1cn(C)c(=O)cn1. The first kappa shape index (κ1) is 9.44. The lowest BCUT2D eigenvalue weighted by Gasteiger charge is -2.01. The third-order valence-electron chi connectivity index (χ3n) is 1.46. The molecule has 70 valence electrons. The number of hydrogen-bond donors (Lipinski definition) is 0. The Hall–Kier alpha value is -1.65. The largest absolute Gasteiger partial charge is 0.461 e. The topological polar surface area (TPSA) is 61.2 Å². The predicted octanol–water partition coefficient (Wildman–Crippen LogP) is -0.0430. The monoisotopic (exact) mass is 182 g/mol. The summed E-state index contributed by atoms with van der Waals surface area (Å²) in [4.78, 5) is 25.7. The van der Waals surface area contributed by atoms with Gasteiger partial charge in [0.2, 0.25) is 0 Å². The van der Waals surface area contributed by atoms with Gasteiger partial charge in [0, 0.05) is 13.2 Å². The molecule has 5 nitrogen and oxygen atoms in total. The molecule has 0 N–H and O–H groups in total. The first-order chi connectivity index (χ1) is 6.15. The minimum Gasteiger partial charge on any atom is -0.461 e. The maximum absolute atomic E-state index is 11.1. The standard InChI is InChI=1S/C8H10N2O3/c1-3-13-8(12)6-5-10(2)7(11)4-9-6/h4-5H,3H2,1-2H3. The summed E-state index contributed by atoms with van der Waals surface area (Å²) in [7, 11) is 1.55. The molecule has 5 heteroatoms. The van der Waals surface area contributed by atoms with E-state index in [-0.39, 0.29) is 11.3 Å². The van der Waals surface area contributed by atoms with Crippen LogP contribution >= 0.6 is 0 Å². The quantitative estimate of drug-likeness (QED) is 0.602. The Bertz CT molecular complexity index is 370. The van der Waals surface area contributed by atoms with Gasteiger partial charge in [0.1, 0.15) is 0 Å². The number of ether oxygens (including phenoxy) is 1. The summed E-state index contributed by atoms with van der Waals surface area (Å²) in [5.74, 6) is -0.516. The van der Waals surface area contributed by atoms with E-state index in [9.17, 15) is 9.59 Å². The zero-order valence-corrected chi connectivity index (χ0v) is 7.48. The van der Waals surface area contributed by atoms with Crippen molar-refractivity contribution in [1.29, 1.82) is 0 Å². The summed E-state index contributed by atoms with van der Waals surface area (Å²) in [6, 6.07) is 0. The summed E-state index contributed by atoms with van der Waals surface area (Å²) in [6.07, 6.45) is 2.44. The Labute approximate surface area is 75.0 Å². The molecule has 0 fully saturated rings. The molecule has 0 aliphatic heterocycles. The predicted molar refractivity (Wildman–Crippen MR) is 45.4 cm³/mol. The fourth-order valence-corrected chi connectivity index (χ4v) is 0.807. The number of carbonyl (C=O) groups excluding carboxylic acids is 1. The molecule has 1 rings (SSSR count). The first-order valence-corrected chi connectivity index (χ1v) is 3.85. The molecule has 0 amide bonds. The second-order valence-corrected chi connectivity index (χ2v) is 2.44. The molecule has 0 unspecified atom stereocenters. The summed E-state index contributed by atoms with van der Waals surface area (Å²) in [6.45, 7) is 2.00.